The summed E-state index contributed by atoms with van der Waals surface area (Å²) in [6.45, 7) is 8.66. The van der Waals surface area contributed by atoms with Gasteiger partial charge in [-0.2, -0.15) is 0 Å². The average Bonchev–Trinajstić information content (AvgIpc) is 2.59. The van der Waals surface area contributed by atoms with Crippen molar-refractivity contribution in [2.24, 2.45) is 11.8 Å². The van der Waals surface area contributed by atoms with E-state index in [1.54, 1.807) is 0 Å². The molecule has 0 bridgehead atoms. The van der Waals surface area contributed by atoms with Crippen LogP contribution in [-0.4, -0.2) is 35.4 Å². The van der Waals surface area contributed by atoms with Crippen molar-refractivity contribution in [3.05, 3.63) is 35.4 Å². The number of rotatable bonds is 12. The number of amides is 1. The van der Waals surface area contributed by atoms with Gasteiger partial charge in [0.15, 0.2) is 0 Å². The number of carbonyl (C=O) groups excluding carboxylic acids is 1. The second kappa shape index (κ2) is 12.1. The van der Waals surface area contributed by atoms with Crippen LogP contribution in [0.4, 0.5) is 0 Å². The van der Waals surface area contributed by atoms with Crippen LogP contribution in [0, 0.1) is 11.8 Å². The Balaban J connectivity index is 2.41. The van der Waals surface area contributed by atoms with Crippen LogP contribution >= 0.6 is 0 Å². The van der Waals surface area contributed by atoms with Gasteiger partial charge in [-0.15, -0.1) is 0 Å². The quantitative estimate of drug-likeness (QED) is 0.531. The molecule has 0 aliphatic rings. The lowest BCUT2D eigenvalue weighted by atomic mass is 9.92. The number of aliphatic hydroxyl groups is 2. The Hall–Kier alpha value is -1.39. The van der Waals surface area contributed by atoms with E-state index in [0.717, 1.165) is 17.9 Å². The van der Waals surface area contributed by atoms with Crippen molar-refractivity contribution in [1.82, 2.24) is 5.32 Å². The van der Waals surface area contributed by atoms with Gasteiger partial charge in [0, 0.05) is 13.0 Å². The van der Waals surface area contributed by atoms with Crippen molar-refractivity contribution in [3.63, 3.8) is 0 Å². The first-order valence-corrected chi connectivity index (χ1v) is 9.96. The zero-order chi connectivity index (χ0) is 19.5. The smallest absolute Gasteiger partial charge is 0.220 e. The molecule has 3 atom stereocenters. The van der Waals surface area contributed by atoms with Crippen LogP contribution < -0.4 is 5.32 Å². The highest BCUT2D eigenvalue weighted by molar-refractivity contribution is 5.76. The molecule has 0 saturated heterocycles. The van der Waals surface area contributed by atoms with E-state index in [9.17, 15) is 9.90 Å². The minimum atomic E-state index is -0.893. The first-order valence-electron chi connectivity index (χ1n) is 9.96. The molecular formula is C22H37NO3. The van der Waals surface area contributed by atoms with Crippen molar-refractivity contribution in [2.75, 3.05) is 13.2 Å². The van der Waals surface area contributed by atoms with Crippen LogP contribution in [0.15, 0.2) is 24.3 Å². The lowest BCUT2D eigenvalue weighted by Gasteiger charge is -2.15. The number of carbonyl (C=O) groups is 1. The van der Waals surface area contributed by atoms with Gasteiger partial charge < -0.3 is 15.5 Å². The Bertz CT molecular complexity index is 513. The summed E-state index contributed by atoms with van der Waals surface area (Å²) in [5, 5.41) is 20.7. The van der Waals surface area contributed by atoms with E-state index in [4.69, 9.17) is 5.11 Å². The maximum Gasteiger partial charge on any atom is 0.220 e. The van der Waals surface area contributed by atoms with Crippen LogP contribution in [0.1, 0.15) is 70.4 Å². The fourth-order valence-electron chi connectivity index (χ4n) is 3.13. The summed E-state index contributed by atoms with van der Waals surface area (Å²) in [6, 6.07) is 8.60. The van der Waals surface area contributed by atoms with Crippen molar-refractivity contribution < 1.29 is 15.0 Å². The maximum atomic E-state index is 11.9. The molecule has 4 nitrogen and oxygen atoms in total. The fraction of sp³-hybridized carbons (Fsp3) is 0.682. The topological polar surface area (TPSA) is 69.6 Å². The number of aliphatic hydroxyl groups excluding tert-OH is 2. The van der Waals surface area contributed by atoms with E-state index < -0.39 is 6.10 Å². The molecule has 0 aromatic heterocycles. The Morgan fingerprint density at radius 3 is 2.31 bits per heavy atom. The molecule has 26 heavy (non-hydrogen) atoms. The van der Waals surface area contributed by atoms with Gasteiger partial charge in [-0.05, 0) is 35.3 Å². The summed E-state index contributed by atoms with van der Waals surface area (Å²) in [6.07, 6.45) is 4.47. The van der Waals surface area contributed by atoms with E-state index in [1.807, 2.05) is 6.92 Å². The molecule has 1 aromatic rings. The summed E-state index contributed by atoms with van der Waals surface area (Å²) >= 11 is 0. The van der Waals surface area contributed by atoms with Crippen LogP contribution in [0.25, 0.3) is 0 Å². The molecule has 0 radical (unpaired) electrons. The SMILES string of the molecule is CC(C)CCCC(C)Cc1ccc(C(C)CC(=O)NCC(O)CO)cc1. The monoisotopic (exact) mass is 363 g/mol. The van der Waals surface area contributed by atoms with Crippen molar-refractivity contribution in [2.45, 2.75) is 71.8 Å². The summed E-state index contributed by atoms with van der Waals surface area (Å²) in [7, 11) is 0. The maximum absolute atomic E-state index is 11.9. The highest BCUT2D eigenvalue weighted by Crippen LogP contribution is 2.22. The van der Waals surface area contributed by atoms with Crippen LogP contribution in [0.3, 0.4) is 0 Å². The molecule has 4 heteroatoms. The molecule has 0 fully saturated rings. The fourth-order valence-corrected chi connectivity index (χ4v) is 3.13. The third-order valence-corrected chi connectivity index (χ3v) is 4.85. The normalized spacial score (nSPS) is 14.9. The Morgan fingerprint density at radius 1 is 1.08 bits per heavy atom. The number of nitrogens with one attached hydrogen (secondary N) is 1. The molecule has 0 aliphatic carbocycles. The zero-order valence-corrected chi connectivity index (χ0v) is 16.9. The van der Waals surface area contributed by atoms with E-state index in [0.29, 0.717) is 12.3 Å². The summed E-state index contributed by atoms with van der Waals surface area (Å²) in [4.78, 5) is 11.9. The molecule has 148 valence electrons. The Kier molecular flexibility index (Phi) is 10.5. The third kappa shape index (κ3) is 9.35. The molecule has 1 rings (SSSR count). The predicted molar refractivity (Wildman–Crippen MR) is 107 cm³/mol. The van der Waals surface area contributed by atoms with Crippen LogP contribution in [0.2, 0.25) is 0 Å². The van der Waals surface area contributed by atoms with Crippen molar-refractivity contribution in [3.8, 4) is 0 Å². The van der Waals surface area contributed by atoms with E-state index in [1.165, 1.54) is 24.8 Å². The van der Waals surface area contributed by atoms with Crippen LogP contribution in [0.5, 0.6) is 0 Å². The minimum absolute atomic E-state index is 0.0929. The molecule has 0 aliphatic heterocycles. The number of hydrogen-bond acceptors (Lipinski definition) is 3. The Morgan fingerprint density at radius 2 is 1.73 bits per heavy atom. The summed E-state index contributed by atoms with van der Waals surface area (Å²) < 4.78 is 0. The molecule has 3 unspecified atom stereocenters. The molecular weight excluding hydrogens is 326 g/mol. The lowest BCUT2D eigenvalue weighted by molar-refractivity contribution is -0.122. The molecule has 0 heterocycles. The highest BCUT2D eigenvalue weighted by atomic mass is 16.3. The van der Waals surface area contributed by atoms with Crippen molar-refractivity contribution >= 4 is 5.91 Å². The lowest BCUT2D eigenvalue weighted by Crippen LogP contribution is -2.34. The zero-order valence-electron chi connectivity index (χ0n) is 16.9. The largest absolute Gasteiger partial charge is 0.394 e. The molecule has 3 N–H and O–H groups in total. The molecule has 1 amide bonds. The van der Waals surface area contributed by atoms with Crippen molar-refractivity contribution in [1.29, 1.82) is 0 Å². The van der Waals surface area contributed by atoms with Gasteiger partial charge in [-0.1, -0.05) is 71.2 Å². The van der Waals surface area contributed by atoms with E-state index in [2.05, 4.69) is 50.4 Å². The first-order chi connectivity index (χ1) is 12.3. The minimum Gasteiger partial charge on any atom is -0.394 e. The third-order valence-electron chi connectivity index (χ3n) is 4.85. The number of benzene rings is 1. The van der Waals surface area contributed by atoms with Gasteiger partial charge in [0.1, 0.15) is 0 Å². The van der Waals surface area contributed by atoms with Gasteiger partial charge in [-0.3, -0.25) is 4.79 Å². The standard InChI is InChI=1S/C22H37NO3/c1-16(2)6-5-7-17(3)12-19-8-10-20(11-9-19)18(4)13-22(26)23-14-21(25)15-24/h8-11,16-18,21,24-25H,5-7,12-15H2,1-4H3,(H,23,26). The van der Waals surface area contributed by atoms with Gasteiger partial charge in [0.05, 0.1) is 12.7 Å². The van der Waals surface area contributed by atoms with Gasteiger partial charge in [0.2, 0.25) is 5.91 Å². The summed E-state index contributed by atoms with van der Waals surface area (Å²) in [5.41, 5.74) is 2.51. The average molecular weight is 364 g/mol. The number of hydrogen-bond donors (Lipinski definition) is 3. The second-order valence-corrected chi connectivity index (χ2v) is 8.12. The van der Waals surface area contributed by atoms with Gasteiger partial charge in [0.25, 0.3) is 0 Å². The van der Waals surface area contributed by atoms with E-state index in [-0.39, 0.29) is 25.0 Å². The van der Waals surface area contributed by atoms with Gasteiger partial charge in [-0.25, -0.2) is 0 Å². The van der Waals surface area contributed by atoms with Gasteiger partial charge >= 0.3 is 0 Å². The summed E-state index contributed by atoms with van der Waals surface area (Å²) in [5.74, 6) is 1.50. The Labute approximate surface area is 159 Å². The highest BCUT2D eigenvalue weighted by Gasteiger charge is 2.13. The predicted octanol–water partition coefficient (Wildman–Crippen LogP) is 3.65. The molecule has 0 spiro atoms. The van der Waals surface area contributed by atoms with E-state index >= 15 is 0 Å². The second-order valence-electron chi connectivity index (χ2n) is 8.12. The molecule has 0 saturated carbocycles. The van der Waals surface area contributed by atoms with Crippen LogP contribution in [-0.2, 0) is 11.2 Å². The first kappa shape index (κ1) is 22.7. The molecule has 1 aromatic carbocycles.